The Hall–Kier alpha value is -3.48. The first-order valence-corrected chi connectivity index (χ1v) is 10.5. The number of hydrogen-bond acceptors (Lipinski definition) is 4. The topological polar surface area (TPSA) is 69.7 Å². The zero-order valence-electron chi connectivity index (χ0n) is 18.8. The van der Waals surface area contributed by atoms with Crippen LogP contribution in [0.3, 0.4) is 0 Å². The first-order chi connectivity index (χ1) is 15.0. The molecule has 2 heterocycles. The zero-order chi connectivity index (χ0) is 23.4. The number of carbonyl (C=O) groups is 3. The normalized spacial score (nSPS) is 21.6. The largest absolute Gasteiger partial charge is 0.369 e. The quantitative estimate of drug-likeness (QED) is 0.556. The smallest absolute Gasteiger partial charge is 0.335 e. The fourth-order valence-corrected chi connectivity index (χ4v) is 4.46. The maximum Gasteiger partial charge on any atom is 0.335 e. The van der Waals surface area contributed by atoms with Crippen LogP contribution in [0.2, 0.25) is 0 Å². The third kappa shape index (κ3) is 3.57. The summed E-state index contributed by atoms with van der Waals surface area (Å²) in [5.74, 6) is -1.99. The van der Waals surface area contributed by atoms with E-state index in [9.17, 15) is 14.4 Å². The van der Waals surface area contributed by atoms with Crippen LogP contribution in [0, 0.1) is 12.7 Å². The van der Waals surface area contributed by atoms with E-state index in [4.69, 9.17) is 0 Å². The van der Waals surface area contributed by atoms with Crippen LogP contribution in [-0.2, 0) is 9.59 Å². The summed E-state index contributed by atoms with van der Waals surface area (Å²) in [6.07, 6.45) is 2.11. The van der Waals surface area contributed by atoms with E-state index in [0.717, 1.165) is 28.1 Å². The second kappa shape index (κ2) is 7.58. The first-order valence-electron chi connectivity index (χ1n) is 10.5. The molecule has 4 amide bonds. The molecule has 0 radical (unpaired) electrons. The van der Waals surface area contributed by atoms with Crippen LogP contribution in [0.25, 0.3) is 6.08 Å². The number of carbonyl (C=O) groups excluding carboxylic acids is 3. The van der Waals surface area contributed by atoms with E-state index in [2.05, 4.69) is 31.0 Å². The van der Waals surface area contributed by atoms with Gasteiger partial charge < -0.3 is 4.90 Å². The third-order valence-electron chi connectivity index (χ3n) is 6.45. The molecule has 7 heteroatoms. The number of imide groups is 2. The Morgan fingerprint density at radius 3 is 2.44 bits per heavy atom. The number of aryl methyl sites for hydroxylation is 1. The number of anilines is 2. The highest BCUT2D eigenvalue weighted by Gasteiger charge is 2.38. The molecular weight excluding hydrogens is 409 g/mol. The molecule has 2 aromatic carbocycles. The minimum Gasteiger partial charge on any atom is -0.369 e. The minimum atomic E-state index is -0.841. The molecule has 0 bridgehead atoms. The van der Waals surface area contributed by atoms with Gasteiger partial charge in [0.05, 0.1) is 5.69 Å². The molecule has 0 saturated carbocycles. The standard InChI is InChI=1S/C25H26FN3O3/c1-14-6-8-17(9-7-14)29-23(31)19(22(30)27-24(29)32)11-16-10-18-15(2)13-25(3,4)28(5)21(18)12-20(16)26/h6-12,15H,13H2,1-5H3,(H,27,30,32)/b19-11-. The average molecular weight is 435 g/mol. The Labute approximate surface area is 186 Å². The van der Waals surface area contributed by atoms with Gasteiger partial charge in [-0.3, -0.25) is 14.9 Å². The highest BCUT2D eigenvalue weighted by Crippen LogP contribution is 2.43. The van der Waals surface area contributed by atoms with Crippen molar-refractivity contribution >= 4 is 35.3 Å². The van der Waals surface area contributed by atoms with Crippen LogP contribution < -0.4 is 15.1 Å². The molecule has 2 aliphatic heterocycles. The van der Waals surface area contributed by atoms with Crippen LogP contribution in [0.15, 0.2) is 42.0 Å². The average Bonchev–Trinajstić information content (AvgIpc) is 2.71. The maximum absolute atomic E-state index is 15.1. The van der Waals surface area contributed by atoms with E-state index >= 15 is 4.39 Å². The molecule has 0 spiro atoms. The van der Waals surface area contributed by atoms with E-state index in [1.165, 1.54) is 12.1 Å². The molecule has 0 aromatic heterocycles. The van der Waals surface area contributed by atoms with Gasteiger partial charge in [-0.2, -0.15) is 0 Å². The number of rotatable bonds is 2. The number of benzene rings is 2. The summed E-state index contributed by atoms with van der Waals surface area (Å²) in [7, 11) is 1.94. The molecular formula is C25H26FN3O3. The monoisotopic (exact) mass is 435 g/mol. The first kappa shape index (κ1) is 21.7. The molecule has 1 unspecified atom stereocenters. The number of nitrogens with one attached hydrogen (secondary N) is 1. The number of amides is 4. The van der Waals surface area contributed by atoms with Crippen LogP contribution >= 0.6 is 0 Å². The third-order valence-corrected chi connectivity index (χ3v) is 6.45. The van der Waals surface area contributed by atoms with Gasteiger partial charge in [-0.1, -0.05) is 24.6 Å². The van der Waals surface area contributed by atoms with Crippen molar-refractivity contribution in [3.8, 4) is 0 Å². The molecule has 4 rings (SSSR count). The number of fused-ring (bicyclic) bond motifs is 1. The molecule has 32 heavy (non-hydrogen) atoms. The van der Waals surface area contributed by atoms with Crippen molar-refractivity contribution in [3.05, 3.63) is 64.5 Å². The Kier molecular flexibility index (Phi) is 5.15. The molecule has 1 N–H and O–H groups in total. The number of urea groups is 1. The van der Waals surface area contributed by atoms with E-state index in [1.807, 2.05) is 14.0 Å². The predicted octanol–water partition coefficient (Wildman–Crippen LogP) is 4.52. The Bertz CT molecular complexity index is 1170. The van der Waals surface area contributed by atoms with Gasteiger partial charge in [0.25, 0.3) is 11.8 Å². The zero-order valence-corrected chi connectivity index (χ0v) is 18.8. The van der Waals surface area contributed by atoms with Crippen molar-refractivity contribution in [2.75, 3.05) is 16.8 Å². The lowest BCUT2D eigenvalue weighted by atomic mass is 9.80. The molecule has 6 nitrogen and oxygen atoms in total. The fourth-order valence-electron chi connectivity index (χ4n) is 4.46. The summed E-state index contributed by atoms with van der Waals surface area (Å²) < 4.78 is 15.1. The molecule has 1 atom stereocenters. The van der Waals surface area contributed by atoms with Crippen molar-refractivity contribution in [2.45, 2.75) is 45.6 Å². The SMILES string of the molecule is Cc1ccc(N2C(=O)NC(=O)/C(=C/c3cc4c(cc3F)N(C)C(C)(C)CC4C)C2=O)cc1. The summed E-state index contributed by atoms with van der Waals surface area (Å²) >= 11 is 0. The summed E-state index contributed by atoms with van der Waals surface area (Å²) in [6.45, 7) is 8.19. The Morgan fingerprint density at radius 2 is 1.78 bits per heavy atom. The molecule has 1 fully saturated rings. The van der Waals surface area contributed by atoms with Crippen LogP contribution in [-0.4, -0.2) is 30.4 Å². The predicted molar refractivity (Wildman–Crippen MR) is 122 cm³/mol. The fraction of sp³-hybridized carbons (Fsp3) is 0.320. The molecule has 2 aromatic rings. The lowest BCUT2D eigenvalue weighted by Gasteiger charge is -2.45. The number of halogens is 1. The van der Waals surface area contributed by atoms with Crippen molar-refractivity contribution in [1.29, 1.82) is 0 Å². The second-order valence-electron chi connectivity index (χ2n) is 9.20. The number of nitrogens with zero attached hydrogens (tertiary/aromatic N) is 2. The van der Waals surface area contributed by atoms with Crippen molar-refractivity contribution < 1.29 is 18.8 Å². The highest BCUT2D eigenvalue weighted by molar-refractivity contribution is 6.39. The summed E-state index contributed by atoms with van der Waals surface area (Å²) in [6, 6.07) is 9.09. The maximum atomic E-state index is 15.1. The Balaban J connectivity index is 1.77. The van der Waals surface area contributed by atoms with Crippen molar-refractivity contribution in [1.82, 2.24) is 5.32 Å². The lowest BCUT2D eigenvalue weighted by molar-refractivity contribution is -0.122. The van der Waals surface area contributed by atoms with Gasteiger partial charge in [0.15, 0.2) is 0 Å². The van der Waals surface area contributed by atoms with Crippen LogP contribution in [0.5, 0.6) is 0 Å². The minimum absolute atomic E-state index is 0.118. The van der Waals surface area contributed by atoms with E-state index in [1.54, 1.807) is 30.3 Å². The van der Waals surface area contributed by atoms with Gasteiger partial charge in [0.2, 0.25) is 0 Å². The van der Waals surface area contributed by atoms with Gasteiger partial charge in [-0.05, 0) is 69.0 Å². The van der Waals surface area contributed by atoms with Crippen LogP contribution in [0.4, 0.5) is 20.6 Å². The van der Waals surface area contributed by atoms with Gasteiger partial charge in [0, 0.05) is 23.8 Å². The van der Waals surface area contributed by atoms with E-state index in [-0.39, 0.29) is 22.6 Å². The summed E-state index contributed by atoms with van der Waals surface area (Å²) in [5.41, 5.74) is 2.78. The molecule has 2 aliphatic rings. The molecule has 0 aliphatic carbocycles. The second-order valence-corrected chi connectivity index (χ2v) is 9.20. The molecule has 1 saturated heterocycles. The van der Waals surface area contributed by atoms with Crippen LogP contribution in [0.1, 0.15) is 49.8 Å². The van der Waals surface area contributed by atoms with E-state index in [0.29, 0.717) is 5.69 Å². The van der Waals surface area contributed by atoms with Crippen molar-refractivity contribution in [2.24, 2.45) is 0 Å². The van der Waals surface area contributed by atoms with Gasteiger partial charge in [-0.15, -0.1) is 0 Å². The highest BCUT2D eigenvalue weighted by atomic mass is 19.1. The number of hydrogen-bond donors (Lipinski definition) is 1. The van der Waals surface area contributed by atoms with E-state index < -0.39 is 23.7 Å². The van der Waals surface area contributed by atoms with Gasteiger partial charge >= 0.3 is 6.03 Å². The number of barbiturate groups is 1. The van der Waals surface area contributed by atoms with Gasteiger partial charge in [-0.25, -0.2) is 14.1 Å². The summed E-state index contributed by atoms with van der Waals surface area (Å²) in [5, 5.41) is 2.18. The molecule has 166 valence electrons. The lowest BCUT2D eigenvalue weighted by Crippen LogP contribution is -2.54. The Morgan fingerprint density at radius 1 is 1.12 bits per heavy atom. The van der Waals surface area contributed by atoms with Crippen molar-refractivity contribution in [3.63, 3.8) is 0 Å². The van der Waals surface area contributed by atoms with Gasteiger partial charge in [0.1, 0.15) is 11.4 Å². The summed E-state index contributed by atoms with van der Waals surface area (Å²) in [4.78, 5) is 40.9.